The molecule has 1 aromatic heterocycles. The predicted molar refractivity (Wildman–Crippen MR) is 120 cm³/mol. The van der Waals surface area contributed by atoms with Crippen molar-refractivity contribution in [2.75, 3.05) is 12.5 Å². The average Bonchev–Trinajstić information content (AvgIpc) is 3.08. The lowest BCUT2D eigenvalue weighted by atomic mass is 10.1. The molecule has 138 valence electrons. The van der Waals surface area contributed by atoms with Crippen LogP contribution in [0.2, 0.25) is 0 Å². The highest BCUT2D eigenvalue weighted by Crippen LogP contribution is 2.31. The van der Waals surface area contributed by atoms with E-state index in [0.717, 1.165) is 43.5 Å². The van der Waals surface area contributed by atoms with E-state index in [2.05, 4.69) is 53.7 Å². The number of hydrogen-bond donors (Lipinski definition) is 0. The molecule has 0 saturated heterocycles. The number of rotatable bonds is 8. The van der Waals surface area contributed by atoms with E-state index in [9.17, 15) is 0 Å². The summed E-state index contributed by atoms with van der Waals surface area (Å²) in [5.41, 5.74) is 4.74. The highest BCUT2D eigenvalue weighted by Gasteiger charge is 2.11. The van der Waals surface area contributed by atoms with Crippen molar-refractivity contribution < 1.29 is 9.15 Å². The lowest BCUT2D eigenvalue weighted by molar-refractivity contribution is 0.205. The van der Waals surface area contributed by atoms with Gasteiger partial charge in [-0.1, -0.05) is 18.7 Å². The molecule has 1 aromatic carbocycles. The molecule has 0 atom stereocenters. The summed E-state index contributed by atoms with van der Waals surface area (Å²) in [6, 6.07) is 6.04. The zero-order chi connectivity index (χ0) is 19.3. The smallest absolute Gasteiger partial charge is 0.148 e. The molecular weight excluding hydrogens is 428 g/mol. The van der Waals surface area contributed by atoms with Crippen LogP contribution in [-0.2, 0) is 11.3 Å². The fraction of sp³-hybridized carbons (Fsp3) is 0.238. The molecule has 0 saturated carbocycles. The first-order chi connectivity index (χ1) is 12.4. The predicted octanol–water partition coefficient (Wildman–Crippen LogP) is 7.69. The van der Waals surface area contributed by atoms with E-state index >= 15 is 0 Å². The Balaban J connectivity index is 2.29. The summed E-state index contributed by atoms with van der Waals surface area (Å²) >= 11 is 6.96. The largest absolute Gasteiger partial charge is 0.488 e. The van der Waals surface area contributed by atoms with Gasteiger partial charge in [-0.15, -0.1) is 23.5 Å². The summed E-state index contributed by atoms with van der Waals surface area (Å²) in [7, 11) is 0. The van der Waals surface area contributed by atoms with Crippen molar-refractivity contribution in [1.82, 2.24) is 0 Å². The maximum Gasteiger partial charge on any atom is 0.148 e. The number of halogens is 1. The molecule has 2 aromatic rings. The van der Waals surface area contributed by atoms with Crippen LogP contribution in [0.15, 0.2) is 79.3 Å². The topological polar surface area (TPSA) is 22.4 Å². The van der Waals surface area contributed by atoms with Gasteiger partial charge in [0.25, 0.3) is 0 Å². The fourth-order valence-electron chi connectivity index (χ4n) is 2.38. The monoisotopic (exact) mass is 450 g/mol. The Morgan fingerprint density at radius 2 is 1.92 bits per heavy atom. The minimum absolute atomic E-state index is 0.445. The summed E-state index contributed by atoms with van der Waals surface area (Å²) in [6.45, 7) is 12.7. The van der Waals surface area contributed by atoms with Gasteiger partial charge in [-0.3, -0.25) is 0 Å². The van der Waals surface area contributed by atoms with Gasteiger partial charge in [-0.05, 0) is 77.7 Å². The zero-order valence-electron chi connectivity index (χ0n) is 15.5. The average molecular weight is 451 g/mol. The van der Waals surface area contributed by atoms with E-state index in [4.69, 9.17) is 9.15 Å². The highest BCUT2D eigenvalue weighted by molar-refractivity contribution is 9.10. The van der Waals surface area contributed by atoms with Crippen molar-refractivity contribution in [3.63, 3.8) is 0 Å². The first kappa shape index (κ1) is 21.0. The SMILES string of the molecule is C=C(C)/C(C)=C(/OCc1cc(Br)c2occc2c1)C(=C)C=C(SC)SC. The van der Waals surface area contributed by atoms with Gasteiger partial charge in [0, 0.05) is 15.2 Å². The number of allylic oxidation sites excluding steroid dienone is 3. The molecule has 1 heterocycles. The summed E-state index contributed by atoms with van der Waals surface area (Å²) in [4.78, 5) is 0. The molecule has 0 N–H and O–H groups in total. The zero-order valence-corrected chi connectivity index (χ0v) is 18.7. The molecule has 0 radical (unpaired) electrons. The molecule has 0 aliphatic heterocycles. The third kappa shape index (κ3) is 5.12. The number of ether oxygens (including phenoxy) is 1. The van der Waals surface area contributed by atoms with Gasteiger partial charge in [-0.25, -0.2) is 0 Å². The lowest BCUT2D eigenvalue weighted by Gasteiger charge is -2.16. The third-order valence-electron chi connectivity index (χ3n) is 3.92. The van der Waals surface area contributed by atoms with Crippen LogP contribution >= 0.6 is 39.5 Å². The van der Waals surface area contributed by atoms with E-state index in [1.807, 2.05) is 26.0 Å². The van der Waals surface area contributed by atoms with Crippen molar-refractivity contribution in [3.05, 3.63) is 80.4 Å². The standard InChI is InChI=1S/C21H23BrO2S2/c1-13(2)15(4)20(14(3)9-19(25-5)26-6)24-12-16-10-17-7-8-23-21(17)18(22)11-16/h7-11H,1,3,12H2,2,4-6H3/b20-15+. The lowest BCUT2D eigenvalue weighted by Crippen LogP contribution is -2.00. The van der Waals surface area contributed by atoms with Crippen LogP contribution < -0.4 is 0 Å². The number of fused-ring (bicyclic) bond motifs is 1. The molecule has 0 bridgehead atoms. The van der Waals surface area contributed by atoms with Gasteiger partial charge in [-0.2, -0.15) is 0 Å². The Morgan fingerprint density at radius 1 is 1.23 bits per heavy atom. The van der Waals surface area contributed by atoms with Crippen LogP contribution in [0.5, 0.6) is 0 Å². The molecule has 5 heteroatoms. The maximum atomic E-state index is 6.19. The Hall–Kier alpha value is -1.30. The second kappa shape index (κ2) is 9.58. The van der Waals surface area contributed by atoms with Crippen molar-refractivity contribution in [1.29, 1.82) is 0 Å². The second-order valence-electron chi connectivity index (χ2n) is 5.84. The second-order valence-corrected chi connectivity index (χ2v) is 8.65. The van der Waals surface area contributed by atoms with Gasteiger partial charge in [0.15, 0.2) is 0 Å². The molecule has 0 spiro atoms. The van der Waals surface area contributed by atoms with Crippen molar-refractivity contribution in [2.24, 2.45) is 0 Å². The first-order valence-corrected chi connectivity index (χ1v) is 11.3. The van der Waals surface area contributed by atoms with Crippen LogP contribution in [0, 0.1) is 0 Å². The first-order valence-electron chi connectivity index (χ1n) is 8.01. The van der Waals surface area contributed by atoms with Gasteiger partial charge < -0.3 is 9.15 Å². The van der Waals surface area contributed by atoms with Gasteiger partial charge >= 0.3 is 0 Å². The van der Waals surface area contributed by atoms with E-state index in [1.54, 1.807) is 29.8 Å². The van der Waals surface area contributed by atoms with E-state index in [0.29, 0.717) is 6.61 Å². The molecule has 0 amide bonds. The van der Waals surface area contributed by atoms with Crippen molar-refractivity contribution in [3.8, 4) is 0 Å². The van der Waals surface area contributed by atoms with E-state index in [1.165, 1.54) is 4.24 Å². The third-order valence-corrected chi connectivity index (χ3v) is 6.55. The van der Waals surface area contributed by atoms with E-state index < -0.39 is 0 Å². The van der Waals surface area contributed by atoms with Crippen LogP contribution in [0.1, 0.15) is 19.4 Å². The number of thioether (sulfide) groups is 2. The number of furan rings is 1. The molecule has 2 rings (SSSR count). The van der Waals surface area contributed by atoms with Crippen LogP contribution in [0.3, 0.4) is 0 Å². The number of hydrogen-bond acceptors (Lipinski definition) is 4. The summed E-state index contributed by atoms with van der Waals surface area (Å²) in [5.74, 6) is 0.779. The highest BCUT2D eigenvalue weighted by atomic mass is 79.9. The molecule has 0 aliphatic carbocycles. The van der Waals surface area contributed by atoms with Gasteiger partial charge in [0.1, 0.15) is 17.9 Å². The normalized spacial score (nSPS) is 11.9. The summed E-state index contributed by atoms with van der Waals surface area (Å²) in [6.07, 6.45) is 7.87. The Morgan fingerprint density at radius 3 is 2.54 bits per heavy atom. The molecular formula is C21H23BrO2S2. The Bertz CT molecular complexity index is 885. The van der Waals surface area contributed by atoms with Crippen LogP contribution in [-0.4, -0.2) is 12.5 Å². The summed E-state index contributed by atoms with van der Waals surface area (Å²) in [5, 5.41) is 1.05. The van der Waals surface area contributed by atoms with Crippen LogP contribution in [0.4, 0.5) is 0 Å². The fourth-order valence-corrected chi connectivity index (χ4v) is 4.18. The molecule has 0 unspecified atom stereocenters. The minimum Gasteiger partial charge on any atom is -0.488 e. The Labute approximate surface area is 172 Å². The summed E-state index contributed by atoms with van der Waals surface area (Å²) < 4.78 is 13.8. The molecule has 0 aliphatic rings. The van der Waals surface area contributed by atoms with Gasteiger partial charge in [0.05, 0.1) is 10.7 Å². The van der Waals surface area contributed by atoms with Gasteiger partial charge in [0.2, 0.25) is 0 Å². The molecule has 26 heavy (non-hydrogen) atoms. The Kier molecular flexibility index (Phi) is 7.74. The quantitative estimate of drug-likeness (QED) is 0.303. The molecule has 2 nitrogen and oxygen atoms in total. The maximum absolute atomic E-state index is 6.19. The number of benzene rings is 1. The molecule has 0 fully saturated rings. The van der Waals surface area contributed by atoms with Crippen molar-refractivity contribution >= 4 is 50.4 Å². The van der Waals surface area contributed by atoms with Crippen molar-refractivity contribution in [2.45, 2.75) is 20.5 Å². The van der Waals surface area contributed by atoms with E-state index in [-0.39, 0.29) is 0 Å². The van der Waals surface area contributed by atoms with Crippen LogP contribution in [0.25, 0.3) is 11.0 Å². The minimum atomic E-state index is 0.445.